The average molecular weight is 307 g/mol. The maximum Gasteiger partial charge on any atom is 3.00 e. The van der Waals surface area contributed by atoms with E-state index in [4.69, 9.17) is 24.0 Å². The van der Waals surface area contributed by atoms with Gasteiger partial charge < -0.3 is 33.0 Å². The molecule has 0 heterocycles. The number of hydrogen-bond acceptors (Lipinski definition) is 5. The summed E-state index contributed by atoms with van der Waals surface area (Å²) in [6, 6.07) is 0. The van der Waals surface area contributed by atoms with E-state index in [-0.39, 0.29) is 56.0 Å². The van der Waals surface area contributed by atoms with Gasteiger partial charge in [-0.15, -0.1) is 0 Å². The molecular formula is CHAlO5SiTb+. The first-order valence-electron chi connectivity index (χ1n) is 1.05. The summed E-state index contributed by atoms with van der Waals surface area (Å²) in [5, 5.41) is 0. The first-order chi connectivity index (χ1) is 3.00. The number of rotatable bonds is 0. The van der Waals surface area contributed by atoms with Crippen molar-refractivity contribution in [3.63, 3.8) is 0 Å². The molecule has 0 aromatic carbocycles. The van der Waals surface area contributed by atoms with Crippen LogP contribution in [0.2, 0.25) is 0 Å². The van der Waals surface area contributed by atoms with Crippen LogP contribution in [0.3, 0.4) is 0 Å². The molecule has 0 aromatic rings. The molecule has 0 saturated carbocycles. The van der Waals surface area contributed by atoms with E-state index in [2.05, 4.69) is 6.79 Å². The molecule has 0 atom stereocenters. The van der Waals surface area contributed by atoms with Crippen molar-refractivity contribution in [2.24, 2.45) is 0 Å². The Labute approximate surface area is 94.8 Å². The van der Waals surface area contributed by atoms with Crippen molar-refractivity contribution in [3.8, 4) is 0 Å². The van der Waals surface area contributed by atoms with Crippen LogP contribution in [0.25, 0.3) is 0 Å². The van der Waals surface area contributed by atoms with Crippen LogP contribution in [-0.4, -0.2) is 33.2 Å². The molecule has 0 radical (unpaired) electrons. The Morgan fingerprint density at radius 2 is 1.00 bits per heavy atom. The van der Waals surface area contributed by atoms with E-state index in [0.29, 0.717) is 0 Å². The second-order valence-corrected chi connectivity index (χ2v) is 1.50. The molecule has 0 rings (SSSR count). The molecule has 8 heteroatoms. The SMILES string of the molecule is [Al+3].[CH-]=O.[O-][Si]([O-])([O-])[O-].[Tb+3]. The second kappa shape index (κ2) is 12.2. The Bertz CT molecular complexity index is 40.7. The third-order valence-corrected chi connectivity index (χ3v) is 0. The number of carbonyl (C=O) groups excluding carboxylic acids is 1. The zero-order valence-electron chi connectivity index (χ0n) is 4.03. The van der Waals surface area contributed by atoms with E-state index in [9.17, 15) is 0 Å². The average Bonchev–Trinajstić information content (AvgIpc) is 1.36. The van der Waals surface area contributed by atoms with E-state index >= 15 is 0 Å². The van der Waals surface area contributed by atoms with Gasteiger partial charge in [0.15, 0.2) is 0 Å². The summed E-state index contributed by atoms with van der Waals surface area (Å²) in [4.78, 5) is 42.1. The van der Waals surface area contributed by atoms with E-state index < -0.39 is 9.05 Å². The van der Waals surface area contributed by atoms with E-state index in [1.54, 1.807) is 0 Å². The molecule has 0 aliphatic heterocycles. The summed E-state index contributed by atoms with van der Waals surface area (Å²) < 4.78 is 0. The van der Waals surface area contributed by atoms with E-state index in [0.717, 1.165) is 0 Å². The van der Waals surface area contributed by atoms with Crippen LogP contribution in [-0.2, 0) is 4.79 Å². The van der Waals surface area contributed by atoms with Gasteiger partial charge in [0.25, 0.3) is 0 Å². The van der Waals surface area contributed by atoms with Gasteiger partial charge in [-0.3, -0.25) is 6.79 Å². The maximum atomic E-state index is 8.58. The molecular weight excluding hydrogens is 306 g/mol. The second-order valence-electron chi connectivity index (χ2n) is 0.500. The first kappa shape index (κ1) is 22.4. The number of hydrogen-bond donors (Lipinski definition) is 0. The van der Waals surface area contributed by atoms with Crippen molar-refractivity contribution in [2.45, 2.75) is 0 Å². The molecule has 0 aliphatic carbocycles. The van der Waals surface area contributed by atoms with Gasteiger partial charge in [0, 0.05) is 0 Å². The van der Waals surface area contributed by atoms with Crippen LogP contribution in [0, 0.1) is 38.6 Å². The molecule has 0 N–H and O–H groups in total. The Hall–Kier alpha value is 1.55. The van der Waals surface area contributed by atoms with E-state index in [1.165, 1.54) is 0 Å². The minimum Gasteiger partial charge on any atom is -0.894 e. The summed E-state index contributed by atoms with van der Waals surface area (Å²) >= 11 is 0. The zero-order chi connectivity index (χ0) is 6.50. The summed E-state index contributed by atoms with van der Waals surface area (Å²) in [5.41, 5.74) is 0. The molecule has 0 amide bonds. The van der Waals surface area contributed by atoms with Crippen LogP contribution in [0.5, 0.6) is 0 Å². The van der Waals surface area contributed by atoms with Crippen LogP contribution < -0.4 is 19.2 Å². The zero-order valence-corrected chi connectivity index (χ0v) is 8.32. The Morgan fingerprint density at radius 3 is 1.00 bits per heavy atom. The van der Waals surface area contributed by atoms with Gasteiger partial charge in [0.05, 0.1) is 0 Å². The molecule has 0 saturated heterocycles. The van der Waals surface area contributed by atoms with Gasteiger partial charge in [-0.2, -0.15) is 0 Å². The standard InChI is InChI=1S/CHO.Al.O4Si.Tb/c1-2;;1-5(2,3)4;/h1H;;;/q-1;+3;-4;+3. The largest absolute Gasteiger partial charge is 3.00 e. The minimum absolute atomic E-state index is 0. The molecule has 50 valence electrons. The molecule has 5 nitrogen and oxygen atoms in total. The Morgan fingerprint density at radius 1 is 1.00 bits per heavy atom. The van der Waals surface area contributed by atoms with Gasteiger partial charge >= 0.3 is 56.0 Å². The van der Waals surface area contributed by atoms with Crippen LogP contribution in [0.4, 0.5) is 0 Å². The fourth-order valence-electron chi connectivity index (χ4n) is 0. The van der Waals surface area contributed by atoms with Crippen molar-refractivity contribution < 1.29 is 62.6 Å². The third-order valence-electron chi connectivity index (χ3n) is 0. The maximum absolute atomic E-state index is 8.58. The Balaban J connectivity index is -0.0000000286. The van der Waals surface area contributed by atoms with Crippen LogP contribution in [0.15, 0.2) is 0 Å². The first-order valence-corrected chi connectivity index (χ1v) is 2.69. The molecule has 0 unspecified atom stereocenters. The van der Waals surface area contributed by atoms with Crippen LogP contribution in [0.1, 0.15) is 0 Å². The van der Waals surface area contributed by atoms with Crippen molar-refractivity contribution in [3.05, 3.63) is 0 Å². The summed E-state index contributed by atoms with van der Waals surface area (Å²) in [7, 11) is -5.61. The molecule has 9 heavy (non-hydrogen) atoms. The van der Waals surface area contributed by atoms with E-state index in [1.807, 2.05) is 0 Å². The monoisotopic (exact) mass is 307 g/mol. The fourth-order valence-corrected chi connectivity index (χ4v) is 0. The normalized spacial score (nSPS) is 7.11. The van der Waals surface area contributed by atoms with Crippen molar-refractivity contribution in [1.82, 2.24) is 0 Å². The van der Waals surface area contributed by atoms with Gasteiger partial charge in [0.2, 0.25) is 0 Å². The molecule has 0 fully saturated rings. The summed E-state index contributed by atoms with van der Waals surface area (Å²) in [6.45, 7) is 3.25. The van der Waals surface area contributed by atoms with Crippen molar-refractivity contribution in [2.75, 3.05) is 0 Å². The Kier molecular flexibility index (Phi) is 30.5. The smallest absolute Gasteiger partial charge is 0.894 e. The third kappa shape index (κ3) is 228. The topological polar surface area (TPSA) is 109 Å². The summed E-state index contributed by atoms with van der Waals surface area (Å²) in [6.07, 6.45) is 0. The molecule has 0 spiro atoms. The van der Waals surface area contributed by atoms with Crippen LogP contribution >= 0.6 is 0 Å². The minimum atomic E-state index is -5.61. The molecule has 0 aliphatic rings. The quantitative estimate of drug-likeness (QED) is 0.252. The predicted octanol–water partition coefficient (Wildman–Crippen LogP) is -5.79. The van der Waals surface area contributed by atoms with Gasteiger partial charge in [-0.05, 0) is 0 Å². The van der Waals surface area contributed by atoms with Gasteiger partial charge in [0.1, 0.15) is 0 Å². The molecule has 0 bridgehead atoms. The van der Waals surface area contributed by atoms with Crippen molar-refractivity contribution >= 4 is 33.2 Å². The fraction of sp³-hybridized carbons (Fsp3) is 0. The van der Waals surface area contributed by atoms with Gasteiger partial charge in [-0.25, -0.2) is 0 Å². The molecule has 0 aromatic heterocycles. The summed E-state index contributed by atoms with van der Waals surface area (Å²) in [5.74, 6) is 0. The van der Waals surface area contributed by atoms with Crippen molar-refractivity contribution in [1.29, 1.82) is 0 Å². The van der Waals surface area contributed by atoms with Gasteiger partial charge in [-0.1, -0.05) is 0 Å². The predicted molar refractivity (Wildman–Crippen MR) is 18.3 cm³/mol.